The predicted molar refractivity (Wildman–Crippen MR) is 89.1 cm³/mol. The third kappa shape index (κ3) is 3.52. The van der Waals surface area contributed by atoms with E-state index in [1.54, 1.807) is 17.4 Å². The third-order valence-electron chi connectivity index (χ3n) is 3.57. The maximum Gasteiger partial charge on any atom is 0.134 e. The molecule has 112 valence electrons. The largest absolute Gasteiger partial charge is 0.309 e. The zero-order valence-corrected chi connectivity index (χ0v) is 14.4. The highest BCUT2D eigenvalue weighted by Crippen LogP contribution is 2.35. The first-order valence-electron chi connectivity index (χ1n) is 7.35. The number of aromatic nitrogens is 1. The SMILES string of the molecule is CCCc1nc(-c2c(F)cccc2Br)sc1CNC1CC1. The smallest absolute Gasteiger partial charge is 0.134 e. The minimum atomic E-state index is -0.220. The van der Waals surface area contributed by atoms with Gasteiger partial charge in [0.2, 0.25) is 0 Å². The number of halogens is 2. The van der Waals surface area contributed by atoms with Crippen molar-refractivity contribution in [1.29, 1.82) is 0 Å². The highest BCUT2D eigenvalue weighted by molar-refractivity contribution is 9.10. The van der Waals surface area contributed by atoms with E-state index in [-0.39, 0.29) is 5.82 Å². The van der Waals surface area contributed by atoms with E-state index in [1.807, 2.05) is 6.07 Å². The highest BCUT2D eigenvalue weighted by Gasteiger charge is 2.22. The van der Waals surface area contributed by atoms with Gasteiger partial charge >= 0.3 is 0 Å². The minimum absolute atomic E-state index is 0.220. The van der Waals surface area contributed by atoms with Gasteiger partial charge in [0, 0.05) is 21.9 Å². The molecule has 2 nitrogen and oxygen atoms in total. The summed E-state index contributed by atoms with van der Waals surface area (Å²) in [6.45, 7) is 3.00. The first-order valence-corrected chi connectivity index (χ1v) is 8.96. The van der Waals surface area contributed by atoms with Crippen molar-refractivity contribution in [1.82, 2.24) is 10.3 Å². The molecule has 1 N–H and O–H groups in total. The second-order valence-corrected chi connectivity index (χ2v) is 7.33. The second kappa shape index (κ2) is 6.55. The van der Waals surface area contributed by atoms with Gasteiger partial charge in [-0.15, -0.1) is 11.3 Å². The lowest BCUT2D eigenvalue weighted by atomic mass is 10.2. The lowest BCUT2D eigenvalue weighted by Crippen LogP contribution is -2.15. The van der Waals surface area contributed by atoms with E-state index in [4.69, 9.17) is 4.98 Å². The highest BCUT2D eigenvalue weighted by atomic mass is 79.9. The van der Waals surface area contributed by atoms with Crippen LogP contribution < -0.4 is 5.32 Å². The average Bonchev–Trinajstić information content (AvgIpc) is 3.19. The zero-order chi connectivity index (χ0) is 14.8. The van der Waals surface area contributed by atoms with Crippen LogP contribution in [0.1, 0.15) is 36.8 Å². The molecule has 0 radical (unpaired) electrons. The molecule has 0 aliphatic heterocycles. The summed E-state index contributed by atoms with van der Waals surface area (Å²) < 4.78 is 14.9. The molecule has 1 fully saturated rings. The van der Waals surface area contributed by atoms with Crippen molar-refractivity contribution >= 4 is 27.3 Å². The van der Waals surface area contributed by atoms with Gasteiger partial charge in [-0.25, -0.2) is 9.37 Å². The maximum absolute atomic E-state index is 14.1. The Bertz CT molecular complexity index is 617. The van der Waals surface area contributed by atoms with Gasteiger partial charge in [0.1, 0.15) is 10.8 Å². The Balaban J connectivity index is 1.92. The number of hydrogen-bond donors (Lipinski definition) is 1. The van der Waals surface area contributed by atoms with Crippen LogP contribution in [0, 0.1) is 5.82 Å². The number of benzene rings is 1. The first kappa shape index (κ1) is 15.1. The summed E-state index contributed by atoms with van der Waals surface area (Å²) in [6, 6.07) is 5.73. The Labute approximate surface area is 136 Å². The van der Waals surface area contributed by atoms with Crippen LogP contribution in [-0.2, 0) is 13.0 Å². The molecule has 1 aromatic carbocycles. The standard InChI is InChI=1S/C16H18BrFN2S/c1-2-4-13-14(9-19-10-7-8-10)21-16(20-13)15-11(17)5-3-6-12(15)18/h3,5-6,10,19H,2,4,7-9H2,1H3. The fourth-order valence-electron chi connectivity index (χ4n) is 2.29. The number of thiazole rings is 1. The van der Waals surface area contributed by atoms with Gasteiger partial charge in [0.15, 0.2) is 0 Å². The maximum atomic E-state index is 14.1. The van der Waals surface area contributed by atoms with E-state index in [0.29, 0.717) is 11.6 Å². The van der Waals surface area contributed by atoms with Crippen LogP contribution in [-0.4, -0.2) is 11.0 Å². The fraction of sp³-hybridized carbons (Fsp3) is 0.438. The Kier molecular flexibility index (Phi) is 4.72. The van der Waals surface area contributed by atoms with Crippen molar-refractivity contribution in [3.8, 4) is 10.6 Å². The van der Waals surface area contributed by atoms with Gasteiger partial charge in [-0.1, -0.05) is 19.4 Å². The molecular formula is C16H18BrFN2S. The Hall–Kier alpha value is -0.780. The van der Waals surface area contributed by atoms with Gasteiger partial charge < -0.3 is 5.32 Å². The molecule has 1 aliphatic rings. The monoisotopic (exact) mass is 368 g/mol. The lowest BCUT2D eigenvalue weighted by molar-refractivity contribution is 0.630. The normalized spacial score (nSPS) is 14.6. The molecule has 1 heterocycles. The summed E-state index contributed by atoms with van der Waals surface area (Å²) in [5, 5.41) is 4.30. The molecule has 0 amide bonds. The topological polar surface area (TPSA) is 24.9 Å². The van der Waals surface area contributed by atoms with E-state index < -0.39 is 0 Å². The van der Waals surface area contributed by atoms with E-state index >= 15 is 0 Å². The van der Waals surface area contributed by atoms with E-state index in [1.165, 1.54) is 23.8 Å². The van der Waals surface area contributed by atoms with Gasteiger partial charge in [0.25, 0.3) is 0 Å². The third-order valence-corrected chi connectivity index (χ3v) is 5.35. The van der Waals surface area contributed by atoms with Gasteiger partial charge in [-0.2, -0.15) is 0 Å². The van der Waals surface area contributed by atoms with Crippen molar-refractivity contribution in [2.75, 3.05) is 0 Å². The van der Waals surface area contributed by atoms with Crippen LogP contribution in [0.15, 0.2) is 22.7 Å². The Morgan fingerprint density at radius 3 is 2.90 bits per heavy atom. The van der Waals surface area contributed by atoms with Crippen LogP contribution >= 0.6 is 27.3 Å². The summed E-state index contributed by atoms with van der Waals surface area (Å²) in [7, 11) is 0. The Morgan fingerprint density at radius 2 is 2.24 bits per heavy atom. The number of nitrogens with one attached hydrogen (secondary N) is 1. The van der Waals surface area contributed by atoms with Gasteiger partial charge in [0.05, 0.1) is 11.3 Å². The zero-order valence-electron chi connectivity index (χ0n) is 12.0. The summed E-state index contributed by atoms with van der Waals surface area (Å²) in [5.41, 5.74) is 1.69. The van der Waals surface area contributed by atoms with Crippen molar-refractivity contribution in [2.45, 2.75) is 45.2 Å². The van der Waals surface area contributed by atoms with E-state index in [2.05, 4.69) is 28.2 Å². The van der Waals surface area contributed by atoms with Crippen LogP contribution in [0.25, 0.3) is 10.6 Å². The predicted octanol–water partition coefficient (Wildman–Crippen LogP) is 4.92. The number of aryl methyl sites for hydroxylation is 1. The Morgan fingerprint density at radius 1 is 1.43 bits per heavy atom. The molecule has 5 heteroatoms. The molecule has 0 spiro atoms. The molecule has 1 saturated carbocycles. The first-order chi connectivity index (χ1) is 10.2. The summed E-state index contributed by atoms with van der Waals surface area (Å²) >= 11 is 5.05. The number of rotatable bonds is 6. The molecule has 0 bridgehead atoms. The van der Waals surface area contributed by atoms with Crippen molar-refractivity contribution in [3.63, 3.8) is 0 Å². The van der Waals surface area contributed by atoms with E-state index in [0.717, 1.165) is 34.6 Å². The molecule has 0 saturated heterocycles. The summed E-state index contributed by atoms with van der Waals surface area (Å²) in [5.74, 6) is -0.220. The quantitative estimate of drug-likeness (QED) is 0.782. The fourth-order valence-corrected chi connectivity index (χ4v) is 4.07. The number of hydrogen-bond acceptors (Lipinski definition) is 3. The van der Waals surface area contributed by atoms with Gasteiger partial charge in [-0.3, -0.25) is 0 Å². The summed E-state index contributed by atoms with van der Waals surface area (Å²) in [6.07, 6.45) is 4.55. The van der Waals surface area contributed by atoms with Crippen LogP contribution in [0.3, 0.4) is 0 Å². The molecule has 2 aromatic rings. The van der Waals surface area contributed by atoms with Crippen molar-refractivity contribution in [3.05, 3.63) is 39.1 Å². The molecule has 1 aliphatic carbocycles. The second-order valence-electron chi connectivity index (χ2n) is 5.39. The lowest BCUT2D eigenvalue weighted by Gasteiger charge is -2.02. The van der Waals surface area contributed by atoms with Gasteiger partial charge in [-0.05, 0) is 47.3 Å². The van der Waals surface area contributed by atoms with Crippen LogP contribution in [0.5, 0.6) is 0 Å². The molecule has 3 rings (SSSR count). The molecule has 0 unspecified atom stereocenters. The van der Waals surface area contributed by atoms with Crippen LogP contribution in [0.2, 0.25) is 0 Å². The minimum Gasteiger partial charge on any atom is -0.309 e. The van der Waals surface area contributed by atoms with Crippen molar-refractivity contribution < 1.29 is 4.39 Å². The molecular weight excluding hydrogens is 351 g/mol. The molecule has 0 atom stereocenters. The van der Waals surface area contributed by atoms with Crippen molar-refractivity contribution in [2.24, 2.45) is 0 Å². The summed E-state index contributed by atoms with van der Waals surface area (Å²) in [4.78, 5) is 5.94. The number of nitrogens with zero attached hydrogens (tertiary/aromatic N) is 1. The van der Waals surface area contributed by atoms with E-state index in [9.17, 15) is 4.39 Å². The molecule has 21 heavy (non-hydrogen) atoms. The molecule has 1 aromatic heterocycles. The van der Waals surface area contributed by atoms with Crippen LogP contribution in [0.4, 0.5) is 4.39 Å². The average molecular weight is 369 g/mol.